The number of hydrogen-bond acceptors (Lipinski definition) is 6. The summed E-state index contributed by atoms with van der Waals surface area (Å²) in [4.78, 5) is 16.6. The predicted molar refractivity (Wildman–Crippen MR) is 131 cm³/mol. The molecule has 35 heavy (non-hydrogen) atoms. The number of H-pyrrole nitrogens is 2. The van der Waals surface area contributed by atoms with Crippen LogP contribution in [0.4, 0.5) is 4.39 Å². The Bertz CT molecular complexity index is 1710. The van der Waals surface area contributed by atoms with E-state index in [0.29, 0.717) is 34.1 Å². The maximum absolute atomic E-state index is 14.2. The van der Waals surface area contributed by atoms with Crippen LogP contribution in [0.25, 0.3) is 55.7 Å². The fourth-order valence-electron chi connectivity index (χ4n) is 4.20. The van der Waals surface area contributed by atoms with Gasteiger partial charge in [-0.05, 0) is 47.5 Å². The summed E-state index contributed by atoms with van der Waals surface area (Å²) in [5.41, 5.74) is 6.07. The molecule has 1 aromatic carbocycles. The molecular weight excluding hydrogens is 447 g/mol. The van der Waals surface area contributed by atoms with Crippen LogP contribution in [0, 0.1) is 5.82 Å². The molecule has 9 heteroatoms. The largest absolute Gasteiger partial charge is 0.497 e. The van der Waals surface area contributed by atoms with Crippen LogP contribution in [0.2, 0.25) is 0 Å². The summed E-state index contributed by atoms with van der Waals surface area (Å²) in [5.74, 6) is 0.742. The minimum Gasteiger partial charge on any atom is -0.497 e. The Morgan fingerprint density at radius 2 is 1.60 bits per heavy atom. The standard InChI is InChI=1S/C26H19FN6O2/c1-34-18-6-14(5-17(27)9-18)20-3-4-29-25-21(20)10-23(31-25)24-22-8-16(12-30-26(22)33-32-24)15-7-19(35-2)13-28-11-15/h3-13H,1-2H3,(H,29,31)(H,30,32,33). The van der Waals surface area contributed by atoms with Crippen molar-refractivity contribution in [3.05, 3.63) is 73.1 Å². The zero-order valence-electron chi connectivity index (χ0n) is 18.8. The van der Waals surface area contributed by atoms with E-state index in [4.69, 9.17) is 9.47 Å². The number of rotatable bonds is 5. The number of nitrogens with one attached hydrogen (secondary N) is 2. The smallest absolute Gasteiger partial charge is 0.155 e. The first kappa shape index (κ1) is 20.8. The molecule has 0 atom stereocenters. The fraction of sp³-hybridized carbons (Fsp3) is 0.0769. The summed E-state index contributed by atoms with van der Waals surface area (Å²) >= 11 is 0. The highest BCUT2D eigenvalue weighted by Gasteiger charge is 2.16. The highest BCUT2D eigenvalue weighted by molar-refractivity contribution is 5.99. The molecule has 0 aliphatic rings. The van der Waals surface area contributed by atoms with Gasteiger partial charge < -0.3 is 14.5 Å². The van der Waals surface area contributed by atoms with Gasteiger partial charge in [-0.3, -0.25) is 10.1 Å². The molecule has 0 bridgehead atoms. The summed E-state index contributed by atoms with van der Waals surface area (Å²) in [7, 11) is 3.12. The third kappa shape index (κ3) is 3.63. The van der Waals surface area contributed by atoms with Crippen LogP contribution >= 0.6 is 0 Å². The van der Waals surface area contributed by atoms with Crippen molar-refractivity contribution in [3.8, 4) is 45.1 Å². The van der Waals surface area contributed by atoms with E-state index >= 15 is 0 Å². The topological polar surface area (TPSA) is 102 Å². The van der Waals surface area contributed by atoms with Gasteiger partial charge >= 0.3 is 0 Å². The average Bonchev–Trinajstić information content (AvgIpc) is 3.51. The van der Waals surface area contributed by atoms with Crippen molar-refractivity contribution in [2.75, 3.05) is 14.2 Å². The molecule has 8 nitrogen and oxygen atoms in total. The first-order valence-corrected chi connectivity index (χ1v) is 10.8. The number of halogens is 1. The number of aromatic amines is 2. The van der Waals surface area contributed by atoms with Gasteiger partial charge in [0.1, 0.15) is 28.7 Å². The lowest BCUT2D eigenvalue weighted by Gasteiger charge is -2.06. The molecular formula is C26H19FN6O2. The number of methoxy groups -OCH3 is 2. The summed E-state index contributed by atoms with van der Waals surface area (Å²) in [6, 6.07) is 12.4. The molecule has 6 aromatic rings. The molecule has 2 N–H and O–H groups in total. The first-order valence-electron chi connectivity index (χ1n) is 10.8. The van der Waals surface area contributed by atoms with Gasteiger partial charge in [-0.25, -0.2) is 14.4 Å². The van der Waals surface area contributed by atoms with Gasteiger partial charge in [0.15, 0.2) is 5.65 Å². The van der Waals surface area contributed by atoms with E-state index in [1.807, 2.05) is 24.3 Å². The van der Waals surface area contributed by atoms with Gasteiger partial charge in [0.25, 0.3) is 0 Å². The summed E-state index contributed by atoms with van der Waals surface area (Å²) in [5, 5.41) is 9.18. The van der Waals surface area contributed by atoms with Crippen molar-refractivity contribution in [2.24, 2.45) is 0 Å². The van der Waals surface area contributed by atoms with E-state index in [1.165, 1.54) is 19.2 Å². The van der Waals surface area contributed by atoms with Crippen LogP contribution in [0.1, 0.15) is 0 Å². The normalized spacial score (nSPS) is 11.3. The molecule has 6 rings (SSSR count). The van der Waals surface area contributed by atoms with E-state index in [1.54, 1.807) is 38.0 Å². The minimum absolute atomic E-state index is 0.371. The van der Waals surface area contributed by atoms with Crippen LogP contribution in [-0.4, -0.2) is 44.4 Å². The molecule has 0 spiro atoms. The van der Waals surface area contributed by atoms with Crippen LogP contribution < -0.4 is 9.47 Å². The molecule has 0 saturated carbocycles. The van der Waals surface area contributed by atoms with E-state index in [0.717, 1.165) is 33.2 Å². The molecule has 0 saturated heterocycles. The number of aromatic nitrogens is 6. The first-order chi connectivity index (χ1) is 17.1. The Morgan fingerprint density at radius 3 is 2.46 bits per heavy atom. The summed E-state index contributed by atoms with van der Waals surface area (Å²) < 4.78 is 24.7. The van der Waals surface area contributed by atoms with Crippen molar-refractivity contribution in [3.63, 3.8) is 0 Å². The summed E-state index contributed by atoms with van der Waals surface area (Å²) in [6.45, 7) is 0. The molecule has 172 valence electrons. The van der Waals surface area contributed by atoms with Crippen molar-refractivity contribution < 1.29 is 13.9 Å². The molecule has 0 aliphatic heterocycles. The minimum atomic E-state index is -0.371. The van der Waals surface area contributed by atoms with E-state index < -0.39 is 0 Å². The second-order valence-corrected chi connectivity index (χ2v) is 7.99. The Balaban J connectivity index is 1.48. The zero-order valence-corrected chi connectivity index (χ0v) is 18.8. The molecule has 5 heterocycles. The van der Waals surface area contributed by atoms with E-state index in [9.17, 15) is 4.39 Å². The third-order valence-corrected chi connectivity index (χ3v) is 5.90. The van der Waals surface area contributed by atoms with Crippen molar-refractivity contribution >= 4 is 22.1 Å². The van der Waals surface area contributed by atoms with Crippen LogP contribution in [-0.2, 0) is 0 Å². The van der Waals surface area contributed by atoms with Gasteiger partial charge in [-0.1, -0.05) is 0 Å². The number of ether oxygens (including phenoxy) is 2. The summed E-state index contributed by atoms with van der Waals surface area (Å²) in [6.07, 6.45) is 6.87. The number of fused-ring (bicyclic) bond motifs is 2. The number of nitrogens with zero attached hydrogens (tertiary/aromatic N) is 4. The molecule has 0 radical (unpaired) electrons. The Labute approximate surface area is 198 Å². The molecule has 0 amide bonds. The van der Waals surface area contributed by atoms with Crippen LogP contribution in [0.5, 0.6) is 11.5 Å². The predicted octanol–water partition coefficient (Wildman–Crippen LogP) is 5.39. The zero-order chi connectivity index (χ0) is 23.9. The third-order valence-electron chi connectivity index (χ3n) is 5.90. The van der Waals surface area contributed by atoms with Gasteiger partial charge in [-0.2, -0.15) is 5.10 Å². The van der Waals surface area contributed by atoms with Gasteiger partial charge in [0.2, 0.25) is 0 Å². The van der Waals surface area contributed by atoms with Gasteiger partial charge in [-0.15, -0.1) is 0 Å². The average molecular weight is 466 g/mol. The number of benzene rings is 1. The van der Waals surface area contributed by atoms with Crippen LogP contribution in [0.15, 0.2) is 67.3 Å². The molecule has 0 unspecified atom stereocenters. The highest BCUT2D eigenvalue weighted by atomic mass is 19.1. The van der Waals surface area contributed by atoms with Crippen LogP contribution in [0.3, 0.4) is 0 Å². The van der Waals surface area contributed by atoms with Crippen molar-refractivity contribution in [1.29, 1.82) is 0 Å². The van der Waals surface area contributed by atoms with Gasteiger partial charge in [0, 0.05) is 46.6 Å². The maximum atomic E-state index is 14.2. The second kappa shape index (κ2) is 8.21. The lowest BCUT2D eigenvalue weighted by atomic mass is 10.0. The maximum Gasteiger partial charge on any atom is 0.155 e. The molecule has 0 aliphatic carbocycles. The second-order valence-electron chi connectivity index (χ2n) is 7.99. The number of pyridine rings is 3. The van der Waals surface area contributed by atoms with Crippen molar-refractivity contribution in [2.45, 2.75) is 0 Å². The lowest BCUT2D eigenvalue weighted by Crippen LogP contribution is -1.88. The molecule has 5 aromatic heterocycles. The van der Waals surface area contributed by atoms with Crippen molar-refractivity contribution in [1.82, 2.24) is 30.1 Å². The monoisotopic (exact) mass is 466 g/mol. The SMILES string of the molecule is COc1cncc(-c2cnc3[nH]nc(-c4cc5c(-c6cc(F)cc(OC)c6)ccnc5[nH]4)c3c2)c1. The van der Waals surface area contributed by atoms with E-state index in [-0.39, 0.29) is 5.82 Å². The lowest BCUT2D eigenvalue weighted by molar-refractivity contribution is 0.411. The fourth-order valence-corrected chi connectivity index (χ4v) is 4.20. The quantitative estimate of drug-likeness (QED) is 0.353. The molecule has 0 fully saturated rings. The Kier molecular flexibility index (Phi) is 4.88. The Hall–Kier alpha value is -4.79. The Morgan fingerprint density at radius 1 is 0.771 bits per heavy atom. The van der Waals surface area contributed by atoms with E-state index in [2.05, 4.69) is 30.1 Å². The highest BCUT2D eigenvalue weighted by Crippen LogP contribution is 2.35. The number of hydrogen-bond donors (Lipinski definition) is 2. The van der Waals surface area contributed by atoms with Gasteiger partial charge in [0.05, 0.1) is 26.1 Å².